The minimum atomic E-state index is 0.364. The highest BCUT2D eigenvalue weighted by Crippen LogP contribution is 2.15. The molecular weight excluding hydrogens is 210 g/mol. The molecule has 0 aromatic heterocycles. The van der Waals surface area contributed by atoms with Gasteiger partial charge in [0.25, 0.3) is 0 Å². The van der Waals surface area contributed by atoms with Crippen LogP contribution in [0.3, 0.4) is 0 Å². The minimum absolute atomic E-state index is 0.364. The van der Waals surface area contributed by atoms with Crippen LogP contribution >= 0.6 is 0 Å². The van der Waals surface area contributed by atoms with Gasteiger partial charge in [0.2, 0.25) is 0 Å². The normalized spacial score (nSPS) is 11.5. The lowest BCUT2D eigenvalue weighted by Gasteiger charge is -2.18. The molecular formula is C14H27N3. The van der Waals surface area contributed by atoms with E-state index in [0.717, 1.165) is 25.9 Å². The van der Waals surface area contributed by atoms with Crippen LogP contribution in [0.25, 0.3) is 0 Å². The molecule has 0 bridgehead atoms. The van der Waals surface area contributed by atoms with Crippen LogP contribution in [-0.2, 0) is 0 Å². The van der Waals surface area contributed by atoms with Crippen molar-refractivity contribution in [2.45, 2.75) is 32.7 Å². The fourth-order valence-electron chi connectivity index (χ4n) is 1.62. The van der Waals surface area contributed by atoms with Gasteiger partial charge in [0, 0.05) is 6.04 Å². The van der Waals surface area contributed by atoms with Crippen LogP contribution in [0.2, 0.25) is 0 Å². The van der Waals surface area contributed by atoms with Crippen molar-refractivity contribution >= 4 is 0 Å². The maximum atomic E-state index is 5.61. The summed E-state index contributed by atoms with van der Waals surface area (Å²) in [6.07, 6.45) is 1.97. The quantitative estimate of drug-likeness (QED) is 0.636. The third-order valence-electron chi connectivity index (χ3n) is 2.43. The zero-order chi connectivity index (χ0) is 12.9. The second kappa shape index (κ2) is 11.6. The van der Waals surface area contributed by atoms with E-state index < -0.39 is 0 Å². The number of benzene rings is 1. The summed E-state index contributed by atoms with van der Waals surface area (Å²) in [6, 6.07) is 10.8. The monoisotopic (exact) mass is 237 g/mol. The molecule has 5 N–H and O–H groups in total. The summed E-state index contributed by atoms with van der Waals surface area (Å²) in [6.45, 7) is 6.39. The smallest absolute Gasteiger partial charge is 0.0332 e. The molecule has 0 amide bonds. The summed E-state index contributed by atoms with van der Waals surface area (Å²) in [5.41, 5.74) is 12.4. The molecule has 3 nitrogen and oxygen atoms in total. The van der Waals surface area contributed by atoms with E-state index in [9.17, 15) is 0 Å². The van der Waals surface area contributed by atoms with Crippen molar-refractivity contribution in [3.05, 3.63) is 35.9 Å². The summed E-state index contributed by atoms with van der Waals surface area (Å²) in [5.74, 6) is 0. The molecule has 0 radical (unpaired) electrons. The molecule has 0 aliphatic carbocycles. The third-order valence-corrected chi connectivity index (χ3v) is 2.43. The molecule has 0 saturated carbocycles. The summed E-state index contributed by atoms with van der Waals surface area (Å²) >= 11 is 0. The Labute approximate surface area is 106 Å². The second-order valence-electron chi connectivity index (χ2n) is 3.64. The summed E-state index contributed by atoms with van der Waals surface area (Å²) in [5, 5.41) is 3.48. The molecule has 17 heavy (non-hydrogen) atoms. The van der Waals surface area contributed by atoms with E-state index in [4.69, 9.17) is 11.5 Å². The van der Waals surface area contributed by atoms with Gasteiger partial charge in [0.05, 0.1) is 0 Å². The summed E-state index contributed by atoms with van der Waals surface area (Å²) in [4.78, 5) is 0. The predicted octanol–water partition coefficient (Wildman–Crippen LogP) is 2.04. The van der Waals surface area contributed by atoms with Gasteiger partial charge in [-0.25, -0.2) is 0 Å². The van der Waals surface area contributed by atoms with Crippen LogP contribution in [0.15, 0.2) is 30.3 Å². The molecule has 98 valence electrons. The van der Waals surface area contributed by atoms with Crippen molar-refractivity contribution < 1.29 is 0 Å². The number of rotatable bonds is 7. The summed E-state index contributed by atoms with van der Waals surface area (Å²) < 4.78 is 0. The van der Waals surface area contributed by atoms with Crippen molar-refractivity contribution in [3.8, 4) is 0 Å². The van der Waals surface area contributed by atoms with E-state index in [1.54, 1.807) is 0 Å². The molecule has 1 atom stereocenters. The number of hydrogen-bond acceptors (Lipinski definition) is 3. The highest BCUT2D eigenvalue weighted by molar-refractivity contribution is 5.18. The molecule has 0 fully saturated rings. The van der Waals surface area contributed by atoms with E-state index in [2.05, 4.69) is 29.6 Å². The molecule has 0 heterocycles. The Balaban J connectivity index is 0.00000121. The number of nitrogens with one attached hydrogen (secondary N) is 1. The van der Waals surface area contributed by atoms with Gasteiger partial charge < -0.3 is 16.8 Å². The predicted molar refractivity (Wildman–Crippen MR) is 75.9 cm³/mol. The van der Waals surface area contributed by atoms with Gasteiger partial charge in [-0.2, -0.15) is 0 Å². The zero-order valence-electron chi connectivity index (χ0n) is 11.2. The van der Waals surface area contributed by atoms with Gasteiger partial charge in [-0.3, -0.25) is 0 Å². The Morgan fingerprint density at radius 2 is 1.71 bits per heavy atom. The van der Waals surface area contributed by atoms with Crippen molar-refractivity contribution in [3.63, 3.8) is 0 Å². The molecule has 1 rings (SSSR count). The Kier molecular flexibility index (Phi) is 11.0. The Morgan fingerprint density at radius 3 is 2.24 bits per heavy atom. The molecule has 1 aromatic carbocycles. The number of hydrogen-bond donors (Lipinski definition) is 3. The fourth-order valence-corrected chi connectivity index (χ4v) is 1.62. The summed E-state index contributed by atoms with van der Waals surface area (Å²) in [7, 11) is 0. The van der Waals surface area contributed by atoms with Crippen LogP contribution in [0.4, 0.5) is 0 Å². The lowest BCUT2D eigenvalue weighted by atomic mass is 10.0. The highest BCUT2D eigenvalue weighted by Gasteiger charge is 2.08. The Hall–Kier alpha value is -0.900. The van der Waals surface area contributed by atoms with Crippen LogP contribution in [0.1, 0.15) is 38.3 Å². The topological polar surface area (TPSA) is 64.1 Å². The first-order valence-electron chi connectivity index (χ1n) is 6.57. The van der Waals surface area contributed by atoms with Crippen LogP contribution < -0.4 is 16.8 Å². The van der Waals surface area contributed by atoms with Crippen LogP contribution in [-0.4, -0.2) is 19.6 Å². The first-order chi connectivity index (χ1) is 8.38. The maximum absolute atomic E-state index is 5.61. The molecule has 1 aromatic rings. The van der Waals surface area contributed by atoms with E-state index in [1.807, 2.05) is 19.9 Å². The van der Waals surface area contributed by atoms with Crippen molar-refractivity contribution in [1.29, 1.82) is 0 Å². The van der Waals surface area contributed by atoms with Gasteiger partial charge in [0.1, 0.15) is 0 Å². The first-order valence-corrected chi connectivity index (χ1v) is 6.57. The van der Waals surface area contributed by atoms with Crippen molar-refractivity contribution in [2.24, 2.45) is 11.5 Å². The average molecular weight is 237 g/mol. The molecule has 0 spiro atoms. The largest absolute Gasteiger partial charge is 0.330 e. The van der Waals surface area contributed by atoms with E-state index >= 15 is 0 Å². The molecule has 0 aliphatic heterocycles. The minimum Gasteiger partial charge on any atom is -0.330 e. The Bertz CT molecular complexity index is 249. The number of nitrogens with two attached hydrogens (primary N) is 2. The van der Waals surface area contributed by atoms with Gasteiger partial charge in [0.15, 0.2) is 0 Å². The first kappa shape index (κ1) is 16.1. The standard InChI is InChI=1S/C12H21N3.C2H6/c13-8-4-10-15-12(7-9-14)11-5-2-1-3-6-11;1-2/h1-3,5-6,12,15H,4,7-10,13-14H2;1-2H3. The molecule has 0 aliphatic rings. The molecule has 0 saturated heterocycles. The van der Waals surface area contributed by atoms with Crippen molar-refractivity contribution in [1.82, 2.24) is 5.32 Å². The Morgan fingerprint density at radius 1 is 1.06 bits per heavy atom. The highest BCUT2D eigenvalue weighted by atomic mass is 14.9. The third kappa shape index (κ3) is 7.10. The SMILES string of the molecule is CC.NCCCNC(CCN)c1ccccc1. The maximum Gasteiger partial charge on any atom is 0.0332 e. The van der Waals surface area contributed by atoms with Crippen LogP contribution in [0.5, 0.6) is 0 Å². The van der Waals surface area contributed by atoms with E-state index in [0.29, 0.717) is 12.6 Å². The second-order valence-corrected chi connectivity index (χ2v) is 3.64. The lowest BCUT2D eigenvalue weighted by Crippen LogP contribution is -2.26. The van der Waals surface area contributed by atoms with E-state index in [-0.39, 0.29) is 0 Å². The molecule has 1 unspecified atom stereocenters. The fraction of sp³-hybridized carbons (Fsp3) is 0.571. The zero-order valence-corrected chi connectivity index (χ0v) is 11.2. The lowest BCUT2D eigenvalue weighted by molar-refractivity contribution is 0.500. The van der Waals surface area contributed by atoms with Gasteiger partial charge in [-0.1, -0.05) is 44.2 Å². The van der Waals surface area contributed by atoms with E-state index in [1.165, 1.54) is 5.56 Å². The van der Waals surface area contributed by atoms with Gasteiger partial charge in [-0.15, -0.1) is 0 Å². The molecule has 3 heteroatoms. The van der Waals surface area contributed by atoms with Gasteiger partial charge in [-0.05, 0) is 38.0 Å². The van der Waals surface area contributed by atoms with Crippen molar-refractivity contribution in [2.75, 3.05) is 19.6 Å². The van der Waals surface area contributed by atoms with Crippen LogP contribution in [0, 0.1) is 0 Å². The van der Waals surface area contributed by atoms with Gasteiger partial charge >= 0.3 is 0 Å². The average Bonchev–Trinajstić information content (AvgIpc) is 2.41.